The van der Waals surface area contributed by atoms with Gasteiger partial charge in [0.25, 0.3) is 0 Å². The summed E-state index contributed by atoms with van der Waals surface area (Å²) < 4.78 is 0. The Balaban J connectivity index is 3.89. The molecular weight excluding hydrogens is 206 g/mol. The molecule has 0 aromatic carbocycles. The van der Waals surface area contributed by atoms with Crippen LogP contribution in [0, 0.1) is 0 Å². The van der Waals surface area contributed by atoms with Crippen molar-refractivity contribution in [2.24, 2.45) is 0 Å². The molecule has 0 saturated heterocycles. The highest BCUT2D eigenvalue weighted by Gasteiger charge is 2.22. The van der Waals surface area contributed by atoms with Crippen molar-refractivity contribution < 1.29 is 15.0 Å². The molecule has 0 bridgehead atoms. The molecule has 4 heteroatoms. The normalized spacial score (nSPS) is 12.1. The summed E-state index contributed by atoms with van der Waals surface area (Å²) in [4.78, 5) is 12.7. The third kappa shape index (κ3) is 7.65. The van der Waals surface area contributed by atoms with Crippen molar-refractivity contribution in [2.45, 2.75) is 52.0 Å². The van der Waals surface area contributed by atoms with Gasteiger partial charge in [-0.3, -0.25) is 9.69 Å². The second-order valence-corrected chi connectivity index (χ2v) is 5.12. The largest absolute Gasteiger partial charge is 0.480 e. The van der Waals surface area contributed by atoms with Crippen molar-refractivity contribution in [1.82, 2.24) is 4.90 Å². The summed E-state index contributed by atoms with van der Waals surface area (Å²) in [6.45, 7) is 7.25. The molecule has 0 unspecified atom stereocenters. The van der Waals surface area contributed by atoms with Gasteiger partial charge in [0.15, 0.2) is 0 Å². The molecule has 0 atom stereocenters. The van der Waals surface area contributed by atoms with Crippen molar-refractivity contribution in [3.05, 3.63) is 0 Å². The Hall–Kier alpha value is -0.610. The van der Waals surface area contributed by atoms with E-state index in [1.807, 2.05) is 25.7 Å². The zero-order chi connectivity index (χ0) is 12.6. The molecule has 0 aromatic rings. The Morgan fingerprint density at radius 1 is 1.12 bits per heavy atom. The minimum Gasteiger partial charge on any atom is -0.480 e. The Bertz CT molecular complexity index is 199. The van der Waals surface area contributed by atoms with Gasteiger partial charge in [-0.05, 0) is 40.2 Å². The maximum atomic E-state index is 10.7. The van der Waals surface area contributed by atoms with Crippen LogP contribution in [-0.2, 0) is 4.79 Å². The second-order valence-electron chi connectivity index (χ2n) is 5.12. The number of unbranched alkanes of at least 4 members (excludes halogenated alkanes) is 3. The quantitative estimate of drug-likeness (QED) is 0.624. The SMILES string of the molecule is CC(C)(C)N(CCCCCCO)CC(=O)O. The highest BCUT2D eigenvalue weighted by molar-refractivity contribution is 5.69. The van der Waals surface area contributed by atoms with E-state index in [0.717, 1.165) is 32.2 Å². The van der Waals surface area contributed by atoms with Crippen LogP contribution >= 0.6 is 0 Å². The monoisotopic (exact) mass is 231 g/mol. The molecule has 16 heavy (non-hydrogen) atoms. The summed E-state index contributed by atoms with van der Waals surface area (Å²) in [6.07, 6.45) is 3.90. The van der Waals surface area contributed by atoms with Gasteiger partial charge in [0, 0.05) is 12.1 Å². The Morgan fingerprint density at radius 3 is 2.12 bits per heavy atom. The molecule has 4 nitrogen and oxygen atoms in total. The fourth-order valence-corrected chi connectivity index (χ4v) is 1.58. The molecule has 0 radical (unpaired) electrons. The minimum atomic E-state index is -0.773. The molecule has 0 aromatic heterocycles. The lowest BCUT2D eigenvalue weighted by Crippen LogP contribution is -2.44. The lowest BCUT2D eigenvalue weighted by Gasteiger charge is -2.34. The number of aliphatic hydroxyl groups is 1. The molecule has 0 heterocycles. The minimum absolute atomic E-state index is 0.101. The first-order valence-electron chi connectivity index (χ1n) is 5.95. The average Bonchev–Trinajstić information content (AvgIpc) is 2.13. The van der Waals surface area contributed by atoms with Crippen molar-refractivity contribution in [3.63, 3.8) is 0 Å². The van der Waals surface area contributed by atoms with Gasteiger partial charge in [-0.2, -0.15) is 0 Å². The highest BCUT2D eigenvalue weighted by Crippen LogP contribution is 2.14. The molecule has 0 aliphatic carbocycles. The fourth-order valence-electron chi connectivity index (χ4n) is 1.58. The first-order valence-corrected chi connectivity index (χ1v) is 5.95. The van der Waals surface area contributed by atoms with Crippen LogP contribution in [0.5, 0.6) is 0 Å². The molecule has 0 saturated carbocycles. The number of carboxylic acid groups (broad SMARTS) is 1. The van der Waals surface area contributed by atoms with E-state index in [1.54, 1.807) is 0 Å². The smallest absolute Gasteiger partial charge is 0.317 e. The topological polar surface area (TPSA) is 60.8 Å². The van der Waals surface area contributed by atoms with E-state index >= 15 is 0 Å². The maximum Gasteiger partial charge on any atom is 0.317 e. The third-order valence-corrected chi connectivity index (χ3v) is 2.61. The number of hydrogen-bond acceptors (Lipinski definition) is 3. The van der Waals surface area contributed by atoms with Crippen LogP contribution in [0.2, 0.25) is 0 Å². The number of carboxylic acids is 1. The summed E-state index contributed by atoms with van der Waals surface area (Å²) in [7, 11) is 0. The summed E-state index contributed by atoms with van der Waals surface area (Å²) in [5, 5.41) is 17.4. The van der Waals surface area contributed by atoms with Crippen LogP contribution in [0.4, 0.5) is 0 Å². The predicted molar refractivity (Wildman–Crippen MR) is 64.5 cm³/mol. The van der Waals surface area contributed by atoms with Gasteiger partial charge < -0.3 is 10.2 Å². The van der Waals surface area contributed by atoms with Gasteiger partial charge in [0.05, 0.1) is 6.54 Å². The van der Waals surface area contributed by atoms with Crippen molar-refractivity contribution in [1.29, 1.82) is 0 Å². The van der Waals surface area contributed by atoms with E-state index in [9.17, 15) is 4.79 Å². The number of aliphatic carboxylic acids is 1. The molecule has 0 rings (SSSR count). The van der Waals surface area contributed by atoms with Gasteiger partial charge in [-0.15, -0.1) is 0 Å². The predicted octanol–water partition coefficient (Wildman–Crippen LogP) is 1.72. The van der Waals surface area contributed by atoms with E-state index in [4.69, 9.17) is 10.2 Å². The van der Waals surface area contributed by atoms with Gasteiger partial charge in [0.1, 0.15) is 0 Å². The van der Waals surface area contributed by atoms with E-state index in [-0.39, 0.29) is 18.7 Å². The van der Waals surface area contributed by atoms with Crippen molar-refractivity contribution >= 4 is 5.97 Å². The molecular formula is C12H25NO3. The molecule has 0 spiro atoms. The van der Waals surface area contributed by atoms with Crippen molar-refractivity contribution in [3.8, 4) is 0 Å². The van der Waals surface area contributed by atoms with Crippen LogP contribution in [0.1, 0.15) is 46.5 Å². The summed E-state index contributed by atoms with van der Waals surface area (Å²) in [5.74, 6) is -0.773. The number of carbonyl (C=O) groups is 1. The Morgan fingerprint density at radius 2 is 1.69 bits per heavy atom. The van der Waals surface area contributed by atoms with Gasteiger partial charge in [-0.25, -0.2) is 0 Å². The van der Waals surface area contributed by atoms with E-state index in [2.05, 4.69) is 0 Å². The van der Waals surface area contributed by atoms with Crippen LogP contribution in [-0.4, -0.2) is 46.3 Å². The van der Waals surface area contributed by atoms with E-state index in [1.165, 1.54) is 0 Å². The molecule has 2 N–H and O–H groups in total. The number of rotatable bonds is 8. The standard InChI is InChI=1S/C12H25NO3/c1-12(2,3)13(10-11(15)16)8-6-4-5-7-9-14/h14H,4-10H2,1-3H3,(H,15,16). The lowest BCUT2D eigenvalue weighted by molar-refractivity contribution is -0.139. The Kier molecular flexibility index (Phi) is 7.34. The van der Waals surface area contributed by atoms with Crippen LogP contribution < -0.4 is 0 Å². The van der Waals surface area contributed by atoms with Crippen LogP contribution in [0.25, 0.3) is 0 Å². The fraction of sp³-hybridized carbons (Fsp3) is 0.917. The van der Waals surface area contributed by atoms with Gasteiger partial charge in [0.2, 0.25) is 0 Å². The maximum absolute atomic E-state index is 10.7. The van der Waals surface area contributed by atoms with Crippen molar-refractivity contribution in [2.75, 3.05) is 19.7 Å². The molecule has 0 fully saturated rings. The van der Waals surface area contributed by atoms with Crippen LogP contribution in [0.3, 0.4) is 0 Å². The number of aliphatic hydroxyl groups excluding tert-OH is 1. The van der Waals surface area contributed by atoms with Gasteiger partial charge >= 0.3 is 5.97 Å². The lowest BCUT2D eigenvalue weighted by atomic mass is 10.0. The molecule has 0 aliphatic rings. The molecule has 0 amide bonds. The summed E-state index contributed by atoms with van der Waals surface area (Å²) in [5.41, 5.74) is -0.102. The van der Waals surface area contributed by atoms with Gasteiger partial charge in [-0.1, -0.05) is 12.8 Å². The second kappa shape index (κ2) is 7.63. The molecule has 96 valence electrons. The summed E-state index contributed by atoms with van der Waals surface area (Å²) in [6, 6.07) is 0. The first-order chi connectivity index (χ1) is 7.38. The third-order valence-electron chi connectivity index (χ3n) is 2.61. The average molecular weight is 231 g/mol. The zero-order valence-corrected chi connectivity index (χ0v) is 10.7. The zero-order valence-electron chi connectivity index (χ0n) is 10.7. The van der Waals surface area contributed by atoms with E-state index in [0.29, 0.717) is 0 Å². The Labute approximate surface area is 98.3 Å². The highest BCUT2D eigenvalue weighted by atomic mass is 16.4. The summed E-state index contributed by atoms with van der Waals surface area (Å²) >= 11 is 0. The van der Waals surface area contributed by atoms with Crippen LogP contribution in [0.15, 0.2) is 0 Å². The van der Waals surface area contributed by atoms with E-state index < -0.39 is 5.97 Å². The first kappa shape index (κ1) is 15.4. The number of nitrogens with zero attached hydrogens (tertiary/aromatic N) is 1. The molecule has 0 aliphatic heterocycles. The number of hydrogen-bond donors (Lipinski definition) is 2.